The van der Waals surface area contributed by atoms with Crippen LogP contribution in [0, 0.1) is 6.92 Å². The van der Waals surface area contributed by atoms with Gasteiger partial charge in [0.25, 0.3) is 5.91 Å². The van der Waals surface area contributed by atoms with Gasteiger partial charge in [0.1, 0.15) is 12.4 Å². The van der Waals surface area contributed by atoms with E-state index in [2.05, 4.69) is 10.3 Å². The standard InChI is InChI=1S/C15H18N2O2S/c1-3-8-16-15(18)13-6-4-5-7-14(13)19-9-12-10-20-11(2)17-12/h4-7,10H,3,8-9H2,1-2H3,(H,16,18). The molecule has 0 bridgehead atoms. The van der Waals surface area contributed by atoms with Gasteiger partial charge in [-0.05, 0) is 25.5 Å². The molecule has 1 amide bonds. The molecule has 0 aliphatic heterocycles. The number of para-hydroxylation sites is 1. The van der Waals surface area contributed by atoms with Crippen molar-refractivity contribution in [1.82, 2.24) is 10.3 Å². The van der Waals surface area contributed by atoms with Gasteiger partial charge >= 0.3 is 0 Å². The van der Waals surface area contributed by atoms with Gasteiger partial charge in [-0.25, -0.2) is 4.98 Å². The molecule has 106 valence electrons. The molecule has 5 heteroatoms. The van der Waals surface area contributed by atoms with Gasteiger partial charge in [-0.15, -0.1) is 11.3 Å². The van der Waals surface area contributed by atoms with E-state index in [0.29, 0.717) is 24.5 Å². The fraction of sp³-hybridized carbons (Fsp3) is 0.333. The fourth-order valence-corrected chi connectivity index (χ4v) is 2.34. The van der Waals surface area contributed by atoms with Gasteiger partial charge in [-0.2, -0.15) is 0 Å². The number of amides is 1. The summed E-state index contributed by atoms with van der Waals surface area (Å²) in [5.41, 5.74) is 1.45. The molecule has 1 aromatic heterocycles. The van der Waals surface area contributed by atoms with Crippen LogP contribution in [0.2, 0.25) is 0 Å². The summed E-state index contributed by atoms with van der Waals surface area (Å²) in [7, 11) is 0. The van der Waals surface area contributed by atoms with Crippen molar-refractivity contribution in [1.29, 1.82) is 0 Å². The highest BCUT2D eigenvalue weighted by atomic mass is 32.1. The highest BCUT2D eigenvalue weighted by Gasteiger charge is 2.11. The number of carbonyl (C=O) groups is 1. The molecule has 1 aromatic carbocycles. The predicted molar refractivity (Wildman–Crippen MR) is 80.2 cm³/mol. The highest BCUT2D eigenvalue weighted by molar-refractivity contribution is 7.09. The third-order valence-corrected chi connectivity index (χ3v) is 3.53. The van der Waals surface area contributed by atoms with Crippen LogP contribution in [-0.4, -0.2) is 17.4 Å². The fourth-order valence-electron chi connectivity index (χ4n) is 1.74. The summed E-state index contributed by atoms with van der Waals surface area (Å²) in [4.78, 5) is 16.4. The number of carbonyl (C=O) groups excluding carboxylic acids is 1. The van der Waals surface area contributed by atoms with Crippen LogP contribution >= 0.6 is 11.3 Å². The number of rotatable bonds is 6. The zero-order chi connectivity index (χ0) is 14.4. The monoisotopic (exact) mass is 290 g/mol. The Morgan fingerprint density at radius 3 is 2.90 bits per heavy atom. The Kier molecular flexibility index (Phi) is 5.12. The van der Waals surface area contributed by atoms with Crippen molar-refractivity contribution >= 4 is 17.2 Å². The van der Waals surface area contributed by atoms with Gasteiger partial charge < -0.3 is 10.1 Å². The minimum absolute atomic E-state index is 0.100. The molecule has 2 rings (SSSR count). The van der Waals surface area contributed by atoms with E-state index in [1.165, 1.54) is 0 Å². The summed E-state index contributed by atoms with van der Waals surface area (Å²) in [5, 5.41) is 5.84. The van der Waals surface area contributed by atoms with Crippen LogP contribution in [0.5, 0.6) is 5.75 Å². The zero-order valence-electron chi connectivity index (χ0n) is 11.7. The molecule has 0 saturated carbocycles. The van der Waals surface area contributed by atoms with Crippen LogP contribution in [0.25, 0.3) is 0 Å². The molecule has 20 heavy (non-hydrogen) atoms. The van der Waals surface area contributed by atoms with Crippen LogP contribution in [-0.2, 0) is 6.61 Å². The predicted octanol–water partition coefficient (Wildman–Crippen LogP) is 3.17. The number of benzene rings is 1. The summed E-state index contributed by atoms with van der Waals surface area (Å²) >= 11 is 1.59. The topological polar surface area (TPSA) is 51.2 Å². The summed E-state index contributed by atoms with van der Waals surface area (Å²) in [5.74, 6) is 0.490. The molecule has 4 nitrogen and oxygen atoms in total. The summed E-state index contributed by atoms with van der Waals surface area (Å²) < 4.78 is 5.72. The van der Waals surface area contributed by atoms with Crippen LogP contribution in [0.1, 0.15) is 34.4 Å². The molecule has 0 aliphatic carbocycles. The lowest BCUT2D eigenvalue weighted by atomic mass is 10.2. The number of hydrogen-bond acceptors (Lipinski definition) is 4. The van der Waals surface area contributed by atoms with E-state index in [-0.39, 0.29) is 5.91 Å². The molecular formula is C15H18N2O2S. The molecule has 0 unspecified atom stereocenters. The molecule has 0 aliphatic rings. The number of thiazole rings is 1. The average molecular weight is 290 g/mol. The first-order valence-corrected chi connectivity index (χ1v) is 7.49. The van der Waals surface area contributed by atoms with Crippen molar-refractivity contribution in [3.8, 4) is 5.75 Å². The van der Waals surface area contributed by atoms with Crippen LogP contribution in [0.3, 0.4) is 0 Å². The molecule has 0 saturated heterocycles. The largest absolute Gasteiger partial charge is 0.486 e. The number of nitrogens with one attached hydrogen (secondary N) is 1. The van der Waals surface area contributed by atoms with E-state index in [1.807, 2.05) is 31.4 Å². The van der Waals surface area contributed by atoms with Gasteiger partial charge in [0.2, 0.25) is 0 Å². The van der Waals surface area contributed by atoms with E-state index in [4.69, 9.17) is 4.74 Å². The van der Waals surface area contributed by atoms with Crippen LogP contribution in [0.4, 0.5) is 0 Å². The number of aromatic nitrogens is 1. The Hall–Kier alpha value is -1.88. The van der Waals surface area contributed by atoms with E-state index < -0.39 is 0 Å². The molecule has 1 heterocycles. The summed E-state index contributed by atoms with van der Waals surface area (Å²) in [6, 6.07) is 7.27. The minimum Gasteiger partial charge on any atom is -0.486 e. The number of ether oxygens (including phenoxy) is 1. The molecule has 0 radical (unpaired) electrons. The maximum atomic E-state index is 12.0. The average Bonchev–Trinajstić information content (AvgIpc) is 2.88. The second kappa shape index (κ2) is 7.05. The van der Waals surface area contributed by atoms with E-state index in [1.54, 1.807) is 23.5 Å². The molecule has 1 N–H and O–H groups in total. The number of hydrogen-bond donors (Lipinski definition) is 1. The normalized spacial score (nSPS) is 10.3. The SMILES string of the molecule is CCCNC(=O)c1ccccc1OCc1csc(C)n1. The van der Waals surface area contributed by atoms with Crippen molar-refractivity contribution in [2.75, 3.05) is 6.54 Å². The van der Waals surface area contributed by atoms with Gasteiger partial charge in [0.05, 0.1) is 16.3 Å². The van der Waals surface area contributed by atoms with E-state index >= 15 is 0 Å². The Balaban J connectivity index is 2.05. The van der Waals surface area contributed by atoms with Crippen molar-refractivity contribution in [2.24, 2.45) is 0 Å². The van der Waals surface area contributed by atoms with Crippen molar-refractivity contribution in [3.05, 3.63) is 45.9 Å². The van der Waals surface area contributed by atoms with Crippen molar-refractivity contribution in [3.63, 3.8) is 0 Å². The van der Waals surface area contributed by atoms with E-state index in [0.717, 1.165) is 17.1 Å². The van der Waals surface area contributed by atoms with Gasteiger partial charge in [0, 0.05) is 11.9 Å². The maximum Gasteiger partial charge on any atom is 0.255 e. The first kappa shape index (κ1) is 14.5. The zero-order valence-corrected chi connectivity index (χ0v) is 12.5. The first-order valence-electron chi connectivity index (χ1n) is 6.61. The molecule has 0 spiro atoms. The highest BCUT2D eigenvalue weighted by Crippen LogP contribution is 2.19. The third-order valence-electron chi connectivity index (χ3n) is 2.71. The Labute approximate surface area is 122 Å². The molecule has 2 aromatic rings. The van der Waals surface area contributed by atoms with Gasteiger partial charge in [-0.3, -0.25) is 4.79 Å². The van der Waals surface area contributed by atoms with Crippen molar-refractivity contribution < 1.29 is 9.53 Å². The lowest BCUT2D eigenvalue weighted by molar-refractivity contribution is 0.0949. The second-order valence-electron chi connectivity index (χ2n) is 4.40. The van der Waals surface area contributed by atoms with Crippen molar-refractivity contribution in [2.45, 2.75) is 26.9 Å². The first-order chi connectivity index (χ1) is 9.70. The Morgan fingerprint density at radius 1 is 1.40 bits per heavy atom. The summed E-state index contributed by atoms with van der Waals surface area (Å²) in [6.45, 7) is 5.02. The quantitative estimate of drug-likeness (QED) is 0.889. The Bertz CT molecular complexity index is 581. The van der Waals surface area contributed by atoms with E-state index in [9.17, 15) is 4.79 Å². The number of aryl methyl sites for hydroxylation is 1. The van der Waals surface area contributed by atoms with Crippen LogP contribution in [0.15, 0.2) is 29.6 Å². The molecular weight excluding hydrogens is 272 g/mol. The molecule has 0 atom stereocenters. The minimum atomic E-state index is -0.100. The summed E-state index contributed by atoms with van der Waals surface area (Å²) in [6.07, 6.45) is 0.910. The smallest absolute Gasteiger partial charge is 0.255 e. The maximum absolute atomic E-state index is 12.0. The van der Waals surface area contributed by atoms with Crippen LogP contribution < -0.4 is 10.1 Å². The Morgan fingerprint density at radius 2 is 2.20 bits per heavy atom. The second-order valence-corrected chi connectivity index (χ2v) is 5.46. The number of nitrogens with zero attached hydrogens (tertiary/aromatic N) is 1. The molecule has 0 fully saturated rings. The van der Waals surface area contributed by atoms with Gasteiger partial charge in [0.15, 0.2) is 0 Å². The third kappa shape index (κ3) is 3.81. The lowest BCUT2D eigenvalue weighted by Gasteiger charge is -2.10. The van der Waals surface area contributed by atoms with Gasteiger partial charge in [-0.1, -0.05) is 19.1 Å². The lowest BCUT2D eigenvalue weighted by Crippen LogP contribution is -2.24.